The molecule has 12 heteroatoms. The maximum atomic E-state index is 13.4. The summed E-state index contributed by atoms with van der Waals surface area (Å²) in [6.45, 7) is 2.99. The van der Waals surface area contributed by atoms with Crippen LogP contribution in [0.4, 0.5) is 46.6 Å². The first-order valence-corrected chi connectivity index (χ1v) is 10.4. The Bertz CT molecular complexity index is 1240. The molecule has 1 atom stereocenters. The van der Waals surface area contributed by atoms with Gasteiger partial charge in [-0.05, 0) is 48.2 Å². The van der Waals surface area contributed by atoms with Crippen LogP contribution < -0.4 is 10.6 Å². The minimum atomic E-state index is -6.08. The molecule has 1 unspecified atom stereocenters. The number of halogens is 8. The van der Waals surface area contributed by atoms with Gasteiger partial charge in [0.15, 0.2) is 5.82 Å². The van der Waals surface area contributed by atoms with Crippen LogP contribution in [0.3, 0.4) is 0 Å². The van der Waals surface area contributed by atoms with E-state index in [0.717, 1.165) is 6.07 Å². The van der Waals surface area contributed by atoms with E-state index in [4.69, 9.17) is 0 Å². The SMILES string of the molecule is Cc1ccnc(NC(C)c2ccc(-c3ccccc3C(F)(F)F)cc2)c1NC(=O)C(F)(F)C(F)(F)F. The lowest BCUT2D eigenvalue weighted by Crippen LogP contribution is -2.47. The van der Waals surface area contributed by atoms with Gasteiger partial charge in [0, 0.05) is 6.20 Å². The van der Waals surface area contributed by atoms with Crippen LogP contribution in [0.1, 0.15) is 29.7 Å². The number of benzene rings is 2. The van der Waals surface area contributed by atoms with Gasteiger partial charge in [-0.15, -0.1) is 0 Å². The molecule has 0 saturated carbocycles. The quantitative estimate of drug-likeness (QED) is 0.336. The number of hydrogen-bond donors (Lipinski definition) is 2. The third-order valence-corrected chi connectivity index (χ3v) is 5.35. The normalized spacial score (nSPS) is 13.3. The van der Waals surface area contributed by atoms with Crippen LogP contribution in [0.15, 0.2) is 60.8 Å². The van der Waals surface area contributed by atoms with E-state index < -0.39 is 35.8 Å². The van der Waals surface area contributed by atoms with Crippen LogP contribution in [0.2, 0.25) is 0 Å². The smallest absolute Gasteiger partial charge is 0.362 e. The Kier molecular flexibility index (Phi) is 7.28. The molecule has 0 aliphatic rings. The van der Waals surface area contributed by atoms with Crippen LogP contribution in [-0.4, -0.2) is 23.0 Å². The summed E-state index contributed by atoms with van der Waals surface area (Å²) in [5, 5.41) is 4.42. The molecular formula is C24H19F8N3O. The van der Waals surface area contributed by atoms with Crippen molar-refractivity contribution in [2.24, 2.45) is 0 Å². The highest BCUT2D eigenvalue weighted by Gasteiger charge is 2.63. The van der Waals surface area contributed by atoms with E-state index >= 15 is 0 Å². The number of nitrogens with one attached hydrogen (secondary N) is 2. The lowest BCUT2D eigenvalue weighted by Gasteiger charge is -2.22. The number of aromatic nitrogens is 1. The number of carbonyl (C=O) groups is 1. The van der Waals surface area contributed by atoms with Crippen molar-refractivity contribution in [1.29, 1.82) is 0 Å². The molecule has 3 aromatic rings. The molecule has 1 amide bonds. The minimum Gasteiger partial charge on any atom is -0.362 e. The number of pyridine rings is 1. The van der Waals surface area contributed by atoms with Crippen LogP contribution >= 0.6 is 0 Å². The fourth-order valence-corrected chi connectivity index (χ4v) is 3.37. The average Bonchev–Trinajstić information content (AvgIpc) is 2.80. The number of amides is 1. The van der Waals surface area contributed by atoms with Crippen molar-refractivity contribution in [3.05, 3.63) is 77.5 Å². The third-order valence-electron chi connectivity index (χ3n) is 5.35. The van der Waals surface area contributed by atoms with Gasteiger partial charge in [-0.1, -0.05) is 42.5 Å². The zero-order valence-corrected chi connectivity index (χ0v) is 18.7. The molecule has 1 aromatic heterocycles. The van der Waals surface area contributed by atoms with Gasteiger partial charge >= 0.3 is 24.2 Å². The summed E-state index contributed by atoms with van der Waals surface area (Å²) in [6, 6.07) is 11.7. The number of nitrogens with zero attached hydrogens (tertiary/aromatic N) is 1. The fraction of sp³-hybridized carbons (Fsp3) is 0.250. The van der Waals surface area contributed by atoms with E-state index in [0.29, 0.717) is 11.1 Å². The lowest BCUT2D eigenvalue weighted by molar-refractivity contribution is -0.267. The molecule has 36 heavy (non-hydrogen) atoms. The summed E-state index contributed by atoms with van der Waals surface area (Å²) in [6.07, 6.45) is -9.37. The molecule has 0 radical (unpaired) electrons. The maximum Gasteiger partial charge on any atom is 0.463 e. The zero-order chi connectivity index (χ0) is 26.9. The predicted octanol–water partition coefficient (Wildman–Crippen LogP) is 7.39. The van der Waals surface area contributed by atoms with Gasteiger partial charge in [-0.3, -0.25) is 4.79 Å². The van der Waals surface area contributed by atoms with Crippen LogP contribution in [0.25, 0.3) is 11.1 Å². The summed E-state index contributed by atoms with van der Waals surface area (Å²) in [7, 11) is 0. The summed E-state index contributed by atoms with van der Waals surface area (Å²) in [5.41, 5.74) is -0.171. The number of hydrogen-bond acceptors (Lipinski definition) is 3. The fourth-order valence-electron chi connectivity index (χ4n) is 3.37. The van der Waals surface area contributed by atoms with E-state index in [2.05, 4.69) is 10.3 Å². The van der Waals surface area contributed by atoms with E-state index in [1.54, 1.807) is 12.2 Å². The molecule has 1 heterocycles. The predicted molar refractivity (Wildman–Crippen MR) is 118 cm³/mol. The number of aryl methyl sites for hydroxylation is 1. The van der Waals surface area contributed by atoms with E-state index in [1.165, 1.54) is 61.7 Å². The van der Waals surface area contributed by atoms with Gasteiger partial charge < -0.3 is 10.6 Å². The van der Waals surface area contributed by atoms with E-state index in [-0.39, 0.29) is 22.6 Å². The molecule has 2 aromatic carbocycles. The minimum absolute atomic E-state index is 0.0203. The maximum absolute atomic E-state index is 13.4. The van der Waals surface area contributed by atoms with Crippen LogP contribution in [-0.2, 0) is 11.0 Å². The third kappa shape index (κ3) is 5.58. The Morgan fingerprint density at radius 2 is 1.50 bits per heavy atom. The second kappa shape index (κ2) is 9.75. The van der Waals surface area contributed by atoms with Crippen molar-refractivity contribution < 1.29 is 39.9 Å². The first-order chi connectivity index (χ1) is 16.6. The Labute approximate surface area is 200 Å². The molecule has 0 fully saturated rings. The number of alkyl halides is 8. The zero-order valence-electron chi connectivity index (χ0n) is 18.7. The van der Waals surface area contributed by atoms with Gasteiger partial charge in [0.25, 0.3) is 0 Å². The Morgan fingerprint density at radius 1 is 0.889 bits per heavy atom. The molecule has 4 nitrogen and oxygen atoms in total. The summed E-state index contributed by atoms with van der Waals surface area (Å²) < 4.78 is 105. The molecule has 0 aliphatic heterocycles. The van der Waals surface area contributed by atoms with Crippen LogP contribution in [0, 0.1) is 6.92 Å². The highest BCUT2D eigenvalue weighted by molar-refractivity contribution is 5.99. The number of carbonyl (C=O) groups excluding carboxylic acids is 1. The highest BCUT2D eigenvalue weighted by Crippen LogP contribution is 2.39. The molecule has 0 bridgehead atoms. The second-order valence-electron chi connectivity index (χ2n) is 7.91. The first-order valence-electron chi connectivity index (χ1n) is 10.4. The van der Waals surface area contributed by atoms with E-state index in [9.17, 15) is 39.9 Å². The van der Waals surface area contributed by atoms with Crippen molar-refractivity contribution in [2.45, 2.75) is 38.2 Å². The van der Waals surface area contributed by atoms with Crippen molar-refractivity contribution in [3.8, 4) is 11.1 Å². The van der Waals surface area contributed by atoms with Gasteiger partial charge in [-0.2, -0.15) is 35.1 Å². The van der Waals surface area contributed by atoms with Gasteiger partial charge in [-0.25, -0.2) is 4.98 Å². The van der Waals surface area contributed by atoms with Crippen molar-refractivity contribution in [3.63, 3.8) is 0 Å². The van der Waals surface area contributed by atoms with Gasteiger partial charge in [0.2, 0.25) is 0 Å². The molecule has 192 valence electrons. The van der Waals surface area contributed by atoms with Crippen molar-refractivity contribution >= 4 is 17.4 Å². The monoisotopic (exact) mass is 517 g/mol. The summed E-state index contributed by atoms with van der Waals surface area (Å²) in [4.78, 5) is 15.6. The highest BCUT2D eigenvalue weighted by atomic mass is 19.4. The summed E-state index contributed by atoms with van der Waals surface area (Å²) in [5.74, 6) is -8.35. The van der Waals surface area contributed by atoms with Crippen molar-refractivity contribution in [1.82, 2.24) is 4.98 Å². The largest absolute Gasteiger partial charge is 0.463 e. The van der Waals surface area contributed by atoms with Crippen LogP contribution in [0.5, 0.6) is 0 Å². The molecule has 0 aliphatic carbocycles. The molecular weight excluding hydrogens is 498 g/mol. The Morgan fingerprint density at radius 3 is 2.08 bits per heavy atom. The van der Waals surface area contributed by atoms with E-state index in [1.807, 2.05) is 0 Å². The van der Waals surface area contributed by atoms with Crippen molar-refractivity contribution in [2.75, 3.05) is 10.6 Å². The molecule has 2 N–H and O–H groups in total. The second-order valence-corrected chi connectivity index (χ2v) is 7.91. The average molecular weight is 517 g/mol. The molecule has 0 spiro atoms. The number of rotatable bonds is 6. The topological polar surface area (TPSA) is 54.0 Å². The Hall–Kier alpha value is -3.70. The number of anilines is 2. The molecule has 3 rings (SSSR count). The Balaban J connectivity index is 1.85. The first kappa shape index (κ1) is 26.9. The standard InChI is InChI=1S/C24H19F8N3O/c1-13-11-12-33-20(19(13)35-21(36)22(25,26)24(30,31)32)34-14(2)15-7-9-16(10-8-15)17-5-3-4-6-18(17)23(27,28)29/h3-12,14H,1-2H3,(H,33,34)(H,35,36). The van der Waals surface area contributed by atoms with Gasteiger partial charge in [0.1, 0.15) is 0 Å². The lowest BCUT2D eigenvalue weighted by atomic mass is 9.97. The van der Waals surface area contributed by atoms with Gasteiger partial charge in [0.05, 0.1) is 17.3 Å². The molecule has 0 saturated heterocycles. The summed E-state index contributed by atoms with van der Waals surface area (Å²) >= 11 is 0.